The third-order valence-corrected chi connectivity index (χ3v) is 4.10. The molecular weight excluding hydrogens is 232 g/mol. The summed E-state index contributed by atoms with van der Waals surface area (Å²) in [5.74, 6) is 2.86. The van der Waals surface area contributed by atoms with Gasteiger partial charge in [0.1, 0.15) is 0 Å². The highest BCUT2D eigenvalue weighted by Crippen LogP contribution is 2.38. The first-order chi connectivity index (χ1) is 9.28. The van der Waals surface area contributed by atoms with Crippen LogP contribution in [0.25, 0.3) is 0 Å². The number of nitrogens with zero attached hydrogens (tertiary/aromatic N) is 1. The van der Waals surface area contributed by atoms with E-state index in [1.54, 1.807) is 0 Å². The minimum absolute atomic E-state index is 0.167. The summed E-state index contributed by atoms with van der Waals surface area (Å²) in [4.78, 5) is 0. The average molecular weight is 252 g/mol. The van der Waals surface area contributed by atoms with Gasteiger partial charge in [0.15, 0.2) is 0 Å². The van der Waals surface area contributed by atoms with Gasteiger partial charge in [-0.15, -0.1) is 6.42 Å². The second-order valence-electron chi connectivity index (χ2n) is 5.40. The van der Waals surface area contributed by atoms with Crippen LogP contribution >= 0.6 is 0 Å². The van der Waals surface area contributed by atoms with Crippen LogP contribution in [0.3, 0.4) is 0 Å². The van der Waals surface area contributed by atoms with Crippen LogP contribution in [-0.2, 0) is 6.54 Å². The molecule has 1 N–H and O–H groups in total. The van der Waals surface area contributed by atoms with E-state index in [4.69, 9.17) is 11.7 Å². The number of hydrogen-bond acceptors (Lipinski definition) is 2. The van der Waals surface area contributed by atoms with E-state index in [0.717, 1.165) is 32.2 Å². The van der Waals surface area contributed by atoms with Crippen molar-refractivity contribution in [1.82, 2.24) is 5.32 Å². The van der Waals surface area contributed by atoms with E-state index in [0.29, 0.717) is 12.5 Å². The molecule has 0 atom stereocenters. The van der Waals surface area contributed by atoms with Gasteiger partial charge in [-0.1, -0.05) is 36.3 Å². The molecule has 1 aliphatic carbocycles. The van der Waals surface area contributed by atoms with Crippen LogP contribution in [0.4, 0.5) is 0 Å². The lowest BCUT2D eigenvalue weighted by molar-refractivity contribution is 0.231. The Bertz CT molecular complexity index is 470. The maximum atomic E-state index is 8.87. The quantitative estimate of drug-likeness (QED) is 0.835. The van der Waals surface area contributed by atoms with Crippen molar-refractivity contribution in [2.75, 3.05) is 0 Å². The summed E-state index contributed by atoms with van der Waals surface area (Å²) in [5.41, 5.74) is 1.15. The van der Waals surface area contributed by atoms with Crippen LogP contribution in [-0.4, -0.2) is 6.04 Å². The molecule has 0 bridgehead atoms. The fraction of sp³-hybridized carbons (Fsp3) is 0.471. The highest BCUT2D eigenvalue weighted by molar-refractivity contribution is 5.15. The minimum atomic E-state index is -0.167. The Kier molecular flexibility index (Phi) is 4.61. The van der Waals surface area contributed by atoms with Gasteiger partial charge in [-0.05, 0) is 31.2 Å². The predicted molar refractivity (Wildman–Crippen MR) is 77.0 cm³/mol. The fourth-order valence-electron chi connectivity index (χ4n) is 2.76. The number of hydrogen-bond donors (Lipinski definition) is 1. The van der Waals surface area contributed by atoms with Crippen molar-refractivity contribution in [2.45, 2.75) is 44.7 Å². The lowest BCUT2D eigenvalue weighted by Gasteiger charge is -2.35. The maximum absolute atomic E-state index is 8.87. The molecule has 0 amide bonds. The summed E-state index contributed by atoms with van der Waals surface area (Å²) in [6.07, 6.45) is 10.2. The normalized spacial score (nSPS) is 26.3. The van der Waals surface area contributed by atoms with E-state index in [1.807, 2.05) is 6.07 Å². The van der Waals surface area contributed by atoms with E-state index in [-0.39, 0.29) is 5.41 Å². The second kappa shape index (κ2) is 6.41. The van der Waals surface area contributed by atoms with Gasteiger partial charge >= 0.3 is 0 Å². The van der Waals surface area contributed by atoms with Crippen molar-refractivity contribution in [2.24, 2.45) is 5.41 Å². The number of rotatable bonds is 4. The zero-order chi connectivity index (χ0) is 13.6. The van der Waals surface area contributed by atoms with E-state index in [9.17, 15) is 0 Å². The molecule has 0 unspecified atom stereocenters. The van der Waals surface area contributed by atoms with Gasteiger partial charge in [-0.3, -0.25) is 0 Å². The van der Waals surface area contributed by atoms with Crippen molar-refractivity contribution in [1.29, 1.82) is 5.26 Å². The van der Waals surface area contributed by atoms with Crippen molar-refractivity contribution in [3.63, 3.8) is 0 Å². The van der Waals surface area contributed by atoms with Gasteiger partial charge in [0.05, 0.1) is 12.5 Å². The van der Waals surface area contributed by atoms with Crippen LogP contribution in [0.5, 0.6) is 0 Å². The lowest BCUT2D eigenvalue weighted by Crippen LogP contribution is -2.36. The summed E-state index contributed by atoms with van der Waals surface area (Å²) < 4.78 is 0. The van der Waals surface area contributed by atoms with Gasteiger partial charge in [-0.25, -0.2) is 0 Å². The van der Waals surface area contributed by atoms with Crippen molar-refractivity contribution >= 4 is 0 Å². The van der Waals surface area contributed by atoms with Crippen LogP contribution in [0.15, 0.2) is 30.3 Å². The largest absolute Gasteiger partial charge is 0.310 e. The predicted octanol–water partition coefficient (Wildman–Crippen LogP) is 3.25. The van der Waals surface area contributed by atoms with E-state index < -0.39 is 0 Å². The molecule has 98 valence electrons. The Balaban J connectivity index is 1.81. The second-order valence-corrected chi connectivity index (χ2v) is 5.40. The fourth-order valence-corrected chi connectivity index (χ4v) is 2.76. The third kappa shape index (κ3) is 3.60. The summed E-state index contributed by atoms with van der Waals surface area (Å²) in [6, 6.07) is 13.2. The van der Waals surface area contributed by atoms with Gasteiger partial charge in [0, 0.05) is 18.0 Å². The first kappa shape index (κ1) is 13.7. The van der Waals surface area contributed by atoms with E-state index >= 15 is 0 Å². The molecule has 1 fully saturated rings. The van der Waals surface area contributed by atoms with Gasteiger partial charge in [0.25, 0.3) is 0 Å². The van der Waals surface area contributed by atoms with E-state index in [2.05, 4.69) is 41.6 Å². The van der Waals surface area contributed by atoms with Crippen LogP contribution in [0.1, 0.15) is 37.7 Å². The third-order valence-electron chi connectivity index (χ3n) is 4.10. The first-order valence-corrected chi connectivity index (χ1v) is 6.90. The standard InChI is InChI=1S/C17H20N2/c1-2-17(12-13-18)10-8-16(9-11-17)19-14-15-6-4-3-5-7-15/h1,3-7,16,19H,8-12,14H2. The monoisotopic (exact) mass is 252 g/mol. The molecule has 0 spiro atoms. The van der Waals surface area contributed by atoms with Gasteiger partial charge in [-0.2, -0.15) is 5.26 Å². The number of benzene rings is 1. The van der Waals surface area contributed by atoms with Crippen LogP contribution < -0.4 is 5.32 Å². The highest BCUT2D eigenvalue weighted by atomic mass is 14.9. The molecule has 19 heavy (non-hydrogen) atoms. The van der Waals surface area contributed by atoms with Crippen molar-refractivity contribution < 1.29 is 0 Å². The molecule has 0 saturated heterocycles. The first-order valence-electron chi connectivity index (χ1n) is 6.90. The van der Waals surface area contributed by atoms with E-state index in [1.165, 1.54) is 5.56 Å². The van der Waals surface area contributed by atoms with Crippen LogP contribution in [0.2, 0.25) is 0 Å². The molecule has 1 saturated carbocycles. The van der Waals surface area contributed by atoms with Gasteiger partial charge in [0.2, 0.25) is 0 Å². The summed E-state index contributed by atoms with van der Waals surface area (Å²) in [5, 5.41) is 12.5. The molecule has 1 aliphatic rings. The molecular formula is C17H20N2. The molecule has 2 heteroatoms. The Labute approximate surface area is 115 Å². The highest BCUT2D eigenvalue weighted by Gasteiger charge is 2.33. The molecule has 0 aliphatic heterocycles. The average Bonchev–Trinajstić information content (AvgIpc) is 2.48. The van der Waals surface area contributed by atoms with Crippen LogP contribution in [0, 0.1) is 29.1 Å². The molecule has 0 heterocycles. The van der Waals surface area contributed by atoms with Crippen molar-refractivity contribution in [3.8, 4) is 18.4 Å². The summed E-state index contributed by atoms with van der Waals surface area (Å²) in [6.45, 7) is 0.910. The zero-order valence-electron chi connectivity index (χ0n) is 11.2. The molecule has 0 aromatic heterocycles. The van der Waals surface area contributed by atoms with Crippen molar-refractivity contribution in [3.05, 3.63) is 35.9 Å². The zero-order valence-corrected chi connectivity index (χ0v) is 11.2. The SMILES string of the molecule is C#CC1(CC#N)CCC(NCc2ccccc2)CC1. The number of terminal acetylenes is 1. The topological polar surface area (TPSA) is 35.8 Å². The molecule has 0 radical (unpaired) electrons. The Hall–Kier alpha value is -1.77. The number of nitrogens with one attached hydrogen (secondary N) is 1. The molecule has 2 rings (SSSR count). The number of nitriles is 1. The Morgan fingerprint density at radius 1 is 1.26 bits per heavy atom. The molecule has 1 aromatic carbocycles. The smallest absolute Gasteiger partial charge is 0.0637 e. The molecule has 1 aromatic rings. The minimum Gasteiger partial charge on any atom is -0.310 e. The molecule has 2 nitrogen and oxygen atoms in total. The maximum Gasteiger partial charge on any atom is 0.0637 e. The Morgan fingerprint density at radius 3 is 2.53 bits per heavy atom. The lowest BCUT2D eigenvalue weighted by atomic mass is 9.71. The Morgan fingerprint density at radius 2 is 1.95 bits per heavy atom. The summed E-state index contributed by atoms with van der Waals surface area (Å²) >= 11 is 0. The van der Waals surface area contributed by atoms with Gasteiger partial charge < -0.3 is 5.32 Å². The summed E-state index contributed by atoms with van der Waals surface area (Å²) in [7, 11) is 0.